The first-order valence-corrected chi connectivity index (χ1v) is 6.21. The molecule has 0 aliphatic heterocycles. The molecule has 0 N–H and O–H groups in total. The molecule has 0 radical (unpaired) electrons. The van der Waals surface area contributed by atoms with Gasteiger partial charge in [-0.15, -0.1) is 0 Å². The first-order valence-electron chi connectivity index (χ1n) is 5.83. The van der Waals surface area contributed by atoms with Gasteiger partial charge in [0.05, 0.1) is 5.39 Å². The van der Waals surface area contributed by atoms with E-state index in [1.165, 1.54) is 18.5 Å². The van der Waals surface area contributed by atoms with Gasteiger partial charge < -0.3 is 0 Å². The fourth-order valence-electron chi connectivity index (χ4n) is 2.26. The van der Waals surface area contributed by atoms with Gasteiger partial charge >= 0.3 is 0 Å². The maximum absolute atomic E-state index is 13.0. The van der Waals surface area contributed by atoms with Crippen LogP contribution in [-0.4, -0.2) is 14.5 Å². The standard InChI is InChI=1S/C14H11ClFN3/c1-8-9(2)19(11-5-3-10(16)4-6-11)14-12(8)13(15)17-7-18-14/h3-7H,1-2H3. The number of aromatic nitrogens is 3. The summed E-state index contributed by atoms with van der Waals surface area (Å²) in [4.78, 5) is 8.31. The summed E-state index contributed by atoms with van der Waals surface area (Å²) in [5.74, 6) is -0.262. The summed E-state index contributed by atoms with van der Waals surface area (Å²) in [5, 5.41) is 1.28. The highest BCUT2D eigenvalue weighted by atomic mass is 35.5. The Kier molecular flexibility index (Phi) is 2.75. The van der Waals surface area contributed by atoms with E-state index in [0.717, 1.165) is 28.0 Å². The number of hydrogen-bond acceptors (Lipinski definition) is 2. The molecule has 19 heavy (non-hydrogen) atoms. The lowest BCUT2D eigenvalue weighted by Gasteiger charge is -2.07. The second-order valence-corrected chi connectivity index (χ2v) is 4.74. The smallest absolute Gasteiger partial charge is 0.149 e. The van der Waals surface area contributed by atoms with Gasteiger partial charge in [0.2, 0.25) is 0 Å². The second-order valence-electron chi connectivity index (χ2n) is 4.39. The first kappa shape index (κ1) is 12.1. The summed E-state index contributed by atoms with van der Waals surface area (Å²) in [6.45, 7) is 3.96. The monoisotopic (exact) mass is 275 g/mol. The van der Waals surface area contributed by atoms with Crippen LogP contribution in [0.3, 0.4) is 0 Å². The minimum atomic E-state index is -0.262. The average molecular weight is 276 g/mol. The minimum absolute atomic E-state index is 0.262. The molecule has 3 aromatic rings. The van der Waals surface area contributed by atoms with Gasteiger partial charge in [-0.3, -0.25) is 4.57 Å². The van der Waals surface area contributed by atoms with Gasteiger partial charge in [-0.2, -0.15) is 0 Å². The van der Waals surface area contributed by atoms with Crippen molar-refractivity contribution in [2.75, 3.05) is 0 Å². The van der Waals surface area contributed by atoms with Gasteiger partial charge in [0.15, 0.2) is 0 Å². The molecule has 0 amide bonds. The molecule has 1 aromatic carbocycles. The lowest BCUT2D eigenvalue weighted by atomic mass is 10.2. The van der Waals surface area contributed by atoms with Crippen LogP contribution in [0.15, 0.2) is 30.6 Å². The van der Waals surface area contributed by atoms with E-state index in [1.807, 2.05) is 18.4 Å². The molecule has 0 saturated carbocycles. The highest BCUT2D eigenvalue weighted by molar-refractivity contribution is 6.34. The fourth-order valence-corrected chi connectivity index (χ4v) is 2.53. The van der Waals surface area contributed by atoms with E-state index < -0.39 is 0 Å². The molecule has 0 atom stereocenters. The van der Waals surface area contributed by atoms with Crippen molar-refractivity contribution in [2.45, 2.75) is 13.8 Å². The normalized spacial score (nSPS) is 11.2. The number of nitrogens with zero attached hydrogens (tertiary/aromatic N) is 3. The van der Waals surface area contributed by atoms with Gasteiger partial charge in [-0.25, -0.2) is 14.4 Å². The lowest BCUT2D eigenvalue weighted by molar-refractivity contribution is 0.627. The largest absolute Gasteiger partial charge is 0.298 e. The molecule has 2 aromatic heterocycles. The van der Waals surface area contributed by atoms with Gasteiger partial charge in [-0.05, 0) is 43.7 Å². The molecule has 96 valence electrons. The molecule has 3 rings (SSSR count). The van der Waals surface area contributed by atoms with Crippen LogP contribution in [0, 0.1) is 19.7 Å². The van der Waals surface area contributed by atoms with Crippen LogP contribution in [0.1, 0.15) is 11.3 Å². The Balaban J connectivity index is 2.38. The summed E-state index contributed by atoms with van der Waals surface area (Å²) in [6.07, 6.45) is 1.43. The van der Waals surface area contributed by atoms with Crippen molar-refractivity contribution < 1.29 is 4.39 Å². The van der Waals surface area contributed by atoms with E-state index in [2.05, 4.69) is 9.97 Å². The van der Waals surface area contributed by atoms with Crippen LogP contribution in [0.5, 0.6) is 0 Å². The molecule has 0 bridgehead atoms. The second kappa shape index (κ2) is 4.31. The van der Waals surface area contributed by atoms with Gasteiger partial charge in [0.25, 0.3) is 0 Å². The predicted molar refractivity (Wildman–Crippen MR) is 73.3 cm³/mol. The SMILES string of the molecule is Cc1c(C)n(-c2ccc(F)cc2)c2ncnc(Cl)c12. The van der Waals surface area contributed by atoms with E-state index in [0.29, 0.717) is 5.15 Å². The van der Waals surface area contributed by atoms with Crippen molar-refractivity contribution >= 4 is 22.6 Å². The summed E-state index contributed by atoms with van der Waals surface area (Å²) in [5.41, 5.74) is 3.64. The summed E-state index contributed by atoms with van der Waals surface area (Å²) in [7, 11) is 0. The van der Waals surface area contributed by atoms with E-state index in [-0.39, 0.29) is 5.82 Å². The van der Waals surface area contributed by atoms with Gasteiger partial charge in [0, 0.05) is 11.4 Å². The van der Waals surface area contributed by atoms with Crippen molar-refractivity contribution in [3.63, 3.8) is 0 Å². The fraction of sp³-hybridized carbons (Fsp3) is 0.143. The first-order chi connectivity index (χ1) is 9.09. The number of hydrogen-bond donors (Lipinski definition) is 0. The maximum Gasteiger partial charge on any atom is 0.149 e. The van der Waals surface area contributed by atoms with E-state index in [9.17, 15) is 4.39 Å². The van der Waals surface area contributed by atoms with Crippen LogP contribution in [0.4, 0.5) is 4.39 Å². The molecule has 0 saturated heterocycles. The Labute approximate surface area is 114 Å². The molecule has 0 fully saturated rings. The third kappa shape index (κ3) is 1.79. The molecule has 5 heteroatoms. The molecular weight excluding hydrogens is 265 g/mol. The Morgan fingerprint density at radius 2 is 1.79 bits per heavy atom. The van der Waals surface area contributed by atoms with Gasteiger partial charge in [-0.1, -0.05) is 11.6 Å². The average Bonchev–Trinajstić information content (AvgIpc) is 2.65. The number of halogens is 2. The van der Waals surface area contributed by atoms with Crippen molar-refractivity contribution in [2.24, 2.45) is 0 Å². The van der Waals surface area contributed by atoms with E-state index >= 15 is 0 Å². The zero-order chi connectivity index (χ0) is 13.6. The predicted octanol–water partition coefficient (Wildman–Crippen LogP) is 3.83. The topological polar surface area (TPSA) is 30.7 Å². The highest BCUT2D eigenvalue weighted by Crippen LogP contribution is 2.30. The summed E-state index contributed by atoms with van der Waals surface area (Å²) in [6, 6.07) is 6.30. The Bertz CT molecular complexity index is 762. The van der Waals surface area contributed by atoms with Crippen molar-refractivity contribution in [1.82, 2.24) is 14.5 Å². The summed E-state index contributed by atoms with van der Waals surface area (Å²) < 4.78 is 15.0. The van der Waals surface area contributed by atoms with Crippen molar-refractivity contribution in [1.29, 1.82) is 0 Å². The minimum Gasteiger partial charge on any atom is -0.298 e. The van der Waals surface area contributed by atoms with E-state index in [4.69, 9.17) is 11.6 Å². The lowest BCUT2D eigenvalue weighted by Crippen LogP contribution is -1.98. The zero-order valence-electron chi connectivity index (χ0n) is 10.5. The molecule has 3 nitrogen and oxygen atoms in total. The molecule has 0 aliphatic carbocycles. The number of rotatable bonds is 1. The Morgan fingerprint density at radius 3 is 2.47 bits per heavy atom. The maximum atomic E-state index is 13.0. The van der Waals surface area contributed by atoms with Crippen LogP contribution < -0.4 is 0 Å². The molecule has 0 spiro atoms. The third-order valence-corrected chi connectivity index (χ3v) is 3.62. The molecule has 2 heterocycles. The van der Waals surface area contributed by atoms with Crippen LogP contribution in [-0.2, 0) is 0 Å². The van der Waals surface area contributed by atoms with Crippen molar-refractivity contribution in [3.05, 3.63) is 52.8 Å². The summed E-state index contributed by atoms with van der Waals surface area (Å²) >= 11 is 6.14. The van der Waals surface area contributed by atoms with Crippen LogP contribution >= 0.6 is 11.6 Å². The van der Waals surface area contributed by atoms with Crippen molar-refractivity contribution in [3.8, 4) is 5.69 Å². The van der Waals surface area contributed by atoms with Gasteiger partial charge in [0.1, 0.15) is 22.9 Å². The van der Waals surface area contributed by atoms with Crippen LogP contribution in [0.2, 0.25) is 5.15 Å². The number of aryl methyl sites for hydroxylation is 1. The molecular formula is C14H11ClFN3. The molecule has 0 unspecified atom stereocenters. The zero-order valence-corrected chi connectivity index (χ0v) is 11.2. The Morgan fingerprint density at radius 1 is 1.11 bits per heavy atom. The quantitative estimate of drug-likeness (QED) is 0.632. The van der Waals surface area contributed by atoms with E-state index in [1.54, 1.807) is 12.1 Å². The number of benzene rings is 1. The van der Waals surface area contributed by atoms with Crippen LogP contribution in [0.25, 0.3) is 16.7 Å². The number of fused-ring (bicyclic) bond motifs is 1. The Hall–Kier alpha value is -1.94. The molecule has 0 aliphatic rings. The highest BCUT2D eigenvalue weighted by Gasteiger charge is 2.16. The third-order valence-electron chi connectivity index (χ3n) is 3.33.